The van der Waals surface area contributed by atoms with Gasteiger partial charge in [0.15, 0.2) is 24.4 Å². The first-order chi connectivity index (χ1) is 17.9. The van der Waals surface area contributed by atoms with Gasteiger partial charge < -0.3 is 40.6 Å². The molecule has 0 saturated heterocycles. The third kappa shape index (κ3) is 8.92. The molecule has 2 aromatic carbocycles. The van der Waals surface area contributed by atoms with Gasteiger partial charge in [-0.2, -0.15) is 0 Å². The van der Waals surface area contributed by atoms with E-state index in [1.165, 1.54) is 5.56 Å². The standard InChI is InChI=1S/C12H15NO4.C12H15NO3.C2H6.CH4O/c1-16-9-3-7-2-8(13)4-10(7)11(5-9)17-6-12(14)15;1-15-11-3-2-8-6-9(13)7-10(8)12(11)16-5-4-14;2*1-2/h3,5,8H,2,4,6,13H2,1H3,(H,14,15);2-4,9H,5-7,13H2,1H3;1-2H3;2H,1H3. The van der Waals surface area contributed by atoms with E-state index in [2.05, 4.69) is 0 Å². The van der Waals surface area contributed by atoms with Crippen LogP contribution in [0.2, 0.25) is 0 Å². The summed E-state index contributed by atoms with van der Waals surface area (Å²) in [5.41, 5.74) is 16.1. The molecule has 0 heterocycles. The van der Waals surface area contributed by atoms with Crippen molar-refractivity contribution >= 4 is 12.3 Å². The number of aliphatic hydroxyl groups excluding tert-OH is 1. The zero-order valence-corrected chi connectivity index (χ0v) is 22.3. The van der Waals surface area contributed by atoms with Crippen molar-refractivity contribution in [1.82, 2.24) is 0 Å². The molecule has 2 aromatic rings. The van der Waals surface area contributed by atoms with Gasteiger partial charge in [-0.15, -0.1) is 0 Å². The molecule has 0 saturated carbocycles. The lowest BCUT2D eigenvalue weighted by Crippen LogP contribution is -2.19. The van der Waals surface area contributed by atoms with Crippen LogP contribution in [-0.4, -0.2) is 69.1 Å². The molecule has 206 valence electrons. The number of carbonyl (C=O) groups excluding carboxylic acids is 1. The van der Waals surface area contributed by atoms with Gasteiger partial charge in [-0.3, -0.25) is 4.79 Å². The predicted molar refractivity (Wildman–Crippen MR) is 141 cm³/mol. The number of ether oxygens (including phenoxy) is 4. The Bertz CT molecular complexity index is 1010. The lowest BCUT2D eigenvalue weighted by molar-refractivity contribution is -0.139. The lowest BCUT2D eigenvalue weighted by atomic mass is 10.1. The number of hydrogen-bond acceptors (Lipinski definition) is 9. The molecular weight excluding hydrogens is 480 g/mol. The molecule has 0 amide bonds. The van der Waals surface area contributed by atoms with Gasteiger partial charge in [0, 0.05) is 30.8 Å². The monoisotopic (exact) mass is 520 g/mol. The summed E-state index contributed by atoms with van der Waals surface area (Å²) >= 11 is 0. The fourth-order valence-corrected chi connectivity index (χ4v) is 4.21. The van der Waals surface area contributed by atoms with Crippen LogP contribution in [0.15, 0.2) is 24.3 Å². The van der Waals surface area contributed by atoms with Crippen LogP contribution in [0.4, 0.5) is 0 Å². The van der Waals surface area contributed by atoms with E-state index in [9.17, 15) is 9.59 Å². The maximum Gasteiger partial charge on any atom is 0.341 e. The maximum atomic E-state index is 10.5. The van der Waals surface area contributed by atoms with Crippen LogP contribution in [-0.2, 0) is 35.3 Å². The Morgan fingerprint density at radius 1 is 0.919 bits per heavy atom. The topological polar surface area (TPSA) is 164 Å². The first-order valence-electron chi connectivity index (χ1n) is 12.1. The van der Waals surface area contributed by atoms with Crippen LogP contribution in [0.25, 0.3) is 0 Å². The third-order valence-corrected chi connectivity index (χ3v) is 5.60. The van der Waals surface area contributed by atoms with Gasteiger partial charge in [-0.1, -0.05) is 19.9 Å². The Morgan fingerprint density at radius 2 is 1.54 bits per heavy atom. The van der Waals surface area contributed by atoms with Crippen molar-refractivity contribution in [1.29, 1.82) is 0 Å². The van der Waals surface area contributed by atoms with Crippen LogP contribution in [0.3, 0.4) is 0 Å². The Hall–Kier alpha value is -3.34. The van der Waals surface area contributed by atoms with E-state index >= 15 is 0 Å². The number of rotatable bonds is 8. The maximum absolute atomic E-state index is 10.5. The number of aliphatic carboxylic acids is 1. The summed E-state index contributed by atoms with van der Waals surface area (Å²) in [5.74, 6) is 1.56. The number of carboxylic acids is 1. The van der Waals surface area contributed by atoms with Crippen molar-refractivity contribution in [2.24, 2.45) is 11.5 Å². The summed E-state index contributed by atoms with van der Waals surface area (Å²) in [6.45, 7) is 3.69. The second-order valence-electron chi connectivity index (χ2n) is 7.99. The van der Waals surface area contributed by atoms with E-state index in [0.29, 0.717) is 29.4 Å². The Balaban J connectivity index is 0.000000327. The highest BCUT2D eigenvalue weighted by molar-refractivity contribution is 5.68. The van der Waals surface area contributed by atoms with Crippen LogP contribution in [0, 0.1) is 0 Å². The first kappa shape index (κ1) is 31.7. The number of aldehydes is 1. The van der Waals surface area contributed by atoms with Crippen molar-refractivity contribution in [3.8, 4) is 23.0 Å². The van der Waals surface area contributed by atoms with Gasteiger partial charge >= 0.3 is 5.97 Å². The highest BCUT2D eigenvalue weighted by Crippen LogP contribution is 2.38. The molecule has 6 N–H and O–H groups in total. The highest BCUT2D eigenvalue weighted by Gasteiger charge is 2.25. The highest BCUT2D eigenvalue weighted by atomic mass is 16.5. The van der Waals surface area contributed by atoms with Crippen LogP contribution in [0.5, 0.6) is 23.0 Å². The van der Waals surface area contributed by atoms with Crippen molar-refractivity contribution in [2.45, 2.75) is 51.6 Å². The number of carboxylic acid groups (broad SMARTS) is 1. The SMILES string of the molecule is CC.CO.COc1cc2c(c(OCC(=O)O)c1)CC(N)C2.COc1ccc2c(c1OCC=O)CC(N)C2. The average molecular weight is 521 g/mol. The van der Waals surface area contributed by atoms with Crippen molar-refractivity contribution in [3.63, 3.8) is 0 Å². The Kier molecular flexibility index (Phi) is 14.1. The Morgan fingerprint density at radius 3 is 2.11 bits per heavy atom. The minimum absolute atomic E-state index is 0.0437. The molecule has 4 rings (SSSR count). The summed E-state index contributed by atoms with van der Waals surface area (Å²) in [6, 6.07) is 7.71. The molecule has 2 aliphatic carbocycles. The van der Waals surface area contributed by atoms with Gasteiger partial charge in [0.25, 0.3) is 0 Å². The predicted octanol–water partition coefficient (Wildman–Crippen LogP) is 1.92. The molecule has 37 heavy (non-hydrogen) atoms. The largest absolute Gasteiger partial charge is 0.497 e. The van der Waals surface area contributed by atoms with Crippen LogP contribution in [0.1, 0.15) is 36.1 Å². The molecule has 0 aromatic heterocycles. The number of nitrogens with two attached hydrogens (primary N) is 2. The lowest BCUT2D eigenvalue weighted by Gasteiger charge is -2.13. The molecule has 0 aliphatic heterocycles. The van der Waals surface area contributed by atoms with Gasteiger partial charge in [-0.25, -0.2) is 4.79 Å². The Labute approximate surface area is 218 Å². The molecule has 2 unspecified atom stereocenters. The molecule has 10 heteroatoms. The van der Waals surface area contributed by atoms with Gasteiger partial charge in [0.1, 0.15) is 18.1 Å². The van der Waals surface area contributed by atoms with Crippen molar-refractivity contribution in [2.75, 3.05) is 34.5 Å². The number of benzene rings is 2. The number of fused-ring (bicyclic) bond motifs is 2. The smallest absolute Gasteiger partial charge is 0.341 e. The second kappa shape index (κ2) is 16.4. The second-order valence-corrected chi connectivity index (χ2v) is 7.99. The molecule has 2 aliphatic rings. The van der Waals surface area contributed by atoms with E-state index in [-0.39, 0.29) is 25.3 Å². The van der Waals surface area contributed by atoms with Crippen LogP contribution >= 0.6 is 0 Å². The quantitative estimate of drug-likeness (QED) is 0.378. The number of carbonyl (C=O) groups is 2. The number of hydrogen-bond donors (Lipinski definition) is 4. The summed E-state index contributed by atoms with van der Waals surface area (Å²) in [7, 11) is 4.15. The molecule has 0 bridgehead atoms. The fourth-order valence-electron chi connectivity index (χ4n) is 4.21. The zero-order valence-electron chi connectivity index (χ0n) is 22.3. The minimum atomic E-state index is -0.996. The van der Waals surface area contributed by atoms with E-state index in [1.807, 2.05) is 32.0 Å². The van der Waals surface area contributed by atoms with E-state index in [1.54, 1.807) is 20.3 Å². The molecule has 0 spiro atoms. The van der Waals surface area contributed by atoms with Crippen molar-refractivity contribution in [3.05, 3.63) is 46.5 Å². The van der Waals surface area contributed by atoms with Gasteiger partial charge in [0.05, 0.1) is 14.2 Å². The van der Waals surface area contributed by atoms with E-state index in [4.69, 9.17) is 40.6 Å². The number of aliphatic hydroxyl groups is 1. The molecule has 10 nitrogen and oxygen atoms in total. The first-order valence-corrected chi connectivity index (χ1v) is 12.1. The zero-order chi connectivity index (χ0) is 28.0. The van der Waals surface area contributed by atoms with Crippen LogP contribution < -0.4 is 30.4 Å². The van der Waals surface area contributed by atoms with Gasteiger partial charge in [-0.05, 0) is 54.5 Å². The molecule has 0 radical (unpaired) electrons. The summed E-state index contributed by atoms with van der Waals surface area (Å²) in [4.78, 5) is 20.9. The normalized spacial score (nSPS) is 16.2. The summed E-state index contributed by atoms with van der Waals surface area (Å²) in [6.07, 6.45) is 3.86. The molecule has 2 atom stereocenters. The molecular formula is C27H40N2O8. The minimum Gasteiger partial charge on any atom is -0.497 e. The van der Waals surface area contributed by atoms with Crippen molar-refractivity contribution < 1.29 is 38.7 Å². The summed E-state index contributed by atoms with van der Waals surface area (Å²) in [5, 5.41) is 15.6. The van der Waals surface area contributed by atoms with E-state index in [0.717, 1.165) is 49.3 Å². The summed E-state index contributed by atoms with van der Waals surface area (Å²) < 4.78 is 21.1. The molecule has 0 fully saturated rings. The number of methoxy groups -OCH3 is 2. The van der Waals surface area contributed by atoms with E-state index < -0.39 is 5.97 Å². The average Bonchev–Trinajstić information content (AvgIpc) is 3.49. The van der Waals surface area contributed by atoms with Gasteiger partial charge in [0.2, 0.25) is 0 Å². The third-order valence-electron chi connectivity index (χ3n) is 5.60. The fraction of sp³-hybridized carbons (Fsp3) is 0.481.